The molecule has 0 unspecified atom stereocenters. The van der Waals surface area contributed by atoms with Crippen LogP contribution < -0.4 is 34.7 Å². The van der Waals surface area contributed by atoms with E-state index in [4.69, 9.17) is 50.5 Å². The number of hydrogen-bond acceptors (Lipinski definition) is 19. The minimum atomic E-state index is -0.985. The number of carbonyl (C=O) groups is 4. The van der Waals surface area contributed by atoms with Gasteiger partial charge in [0.2, 0.25) is 5.78 Å². The zero-order valence-corrected chi connectivity index (χ0v) is 69.1. The molecule has 8 aromatic rings. The number of amides is 1. The van der Waals surface area contributed by atoms with Gasteiger partial charge in [0, 0.05) is 73.3 Å². The van der Waals surface area contributed by atoms with Gasteiger partial charge in [0.05, 0.1) is 69.0 Å². The lowest BCUT2D eigenvalue weighted by atomic mass is 9.85. The van der Waals surface area contributed by atoms with Gasteiger partial charge in [-0.2, -0.15) is 0 Å². The second kappa shape index (κ2) is 44.3. The number of alkyl halides is 1. The number of phenols is 1. The van der Waals surface area contributed by atoms with Gasteiger partial charge < -0.3 is 49.3 Å². The standard InChI is InChI=1S/C30H36N2O5.C18H18ClNO4.C12H17NO3.C12H19NO.C11H15NO3.CH3I.3CH4/c1-20-18-21(30(2,3)4)19-25(28(20)35-5)31-29(34)27(33)24-10-11-26(23-9-7-6-8-22(23)24)37-17-14-32-12-15-36-16-13-32;19-18(22)17(21)15-5-6-16(14-4-2-1-3-13(14)15)24-12-9-20-7-10-23-11-8-20;1-8-6-9(12(2,3)4)7-10(13(14)15)11(8)16-5;1-8-6-9(12(2,3)4)7-10(13)11(8)14-5;1-7-5-8(11(2,3)4)6-9(10(7)13)12(14)15;1-2;;;/h6-11,18-19H,12-17H2,1-5H3,(H,31,34);1-6H,7-12H2;6-7H,1-5H3;6-7H,13H2,1-5H3;5-6,13H,1-4H3;1H3;3*1H4. The Balaban J connectivity index is 0.000000492. The minimum Gasteiger partial charge on any atom is -0.502 e. The summed E-state index contributed by atoms with van der Waals surface area (Å²) in [7, 11) is 4.66. The van der Waals surface area contributed by atoms with Crippen LogP contribution in [0.15, 0.2) is 121 Å². The highest BCUT2D eigenvalue weighted by Crippen LogP contribution is 2.40. The predicted molar refractivity (Wildman–Crippen MR) is 460 cm³/mol. The number of nitrogens with one attached hydrogen (secondary N) is 1. The SMILES string of the molecule is C.C.C.CI.COc1c(C)cc(C(C)(C)C)cc1N.COc1c(C)cc(C(C)(C)C)cc1NC(=O)C(=O)c1ccc(OCCN2CCOCC2)c2ccccc12.COc1c(C)cc(C(C)(C)C)cc1[N+](=O)[O-].Cc1cc(C(C)(C)C)cc([N+](=O)[O-])c1O.O=C(Cl)C(=O)c1ccc(OCCN2CCOCC2)c2ccccc12. The summed E-state index contributed by atoms with van der Waals surface area (Å²) in [6.07, 6.45) is 0. The fraction of sp³-hybridized carbons (Fsp3) is 0.448. The first-order valence-electron chi connectivity index (χ1n) is 35.5. The summed E-state index contributed by atoms with van der Waals surface area (Å²) in [5, 5.41) is 35.9. The van der Waals surface area contributed by atoms with Crippen molar-refractivity contribution < 1.29 is 67.3 Å². The van der Waals surface area contributed by atoms with Crippen molar-refractivity contribution >= 4 is 101 Å². The number of rotatable bonds is 18. The van der Waals surface area contributed by atoms with Gasteiger partial charge in [-0.1, -0.05) is 201 Å². The summed E-state index contributed by atoms with van der Waals surface area (Å²) in [5.41, 5.74) is 14.7. The van der Waals surface area contributed by atoms with Crippen LogP contribution in [0.3, 0.4) is 0 Å². The Bertz CT molecular complexity index is 4430. The molecule has 0 radical (unpaired) electrons. The number of hydrogen-bond donors (Lipinski definition) is 3. The molecule has 24 heteroatoms. The average molecular weight is 1670 g/mol. The molecule has 0 saturated carbocycles. The molecular formula is C87H120ClIN6O16. The van der Waals surface area contributed by atoms with E-state index in [1.165, 1.54) is 18.7 Å². The number of morpholine rings is 2. The van der Waals surface area contributed by atoms with Crippen molar-refractivity contribution in [3.63, 3.8) is 0 Å². The average Bonchev–Trinajstić information content (AvgIpc) is 0.768. The van der Waals surface area contributed by atoms with E-state index in [2.05, 4.69) is 85.3 Å². The molecule has 10 rings (SSSR count). The molecule has 4 N–H and O–H groups in total. The molecule has 0 aromatic heterocycles. The second-order valence-corrected chi connectivity index (χ2v) is 30.5. The Kier molecular flexibility index (Phi) is 39.2. The van der Waals surface area contributed by atoms with Crippen molar-refractivity contribution in [3.8, 4) is 34.5 Å². The molecular weight excluding hydrogens is 1550 g/mol. The summed E-state index contributed by atoms with van der Waals surface area (Å²) in [4.78, 5) is 76.9. The molecule has 0 bridgehead atoms. The third-order valence-electron chi connectivity index (χ3n) is 18.0. The van der Waals surface area contributed by atoms with Crippen LogP contribution in [0.25, 0.3) is 21.5 Å². The maximum absolute atomic E-state index is 13.3. The van der Waals surface area contributed by atoms with Crippen LogP contribution in [-0.2, 0) is 40.7 Å². The minimum absolute atomic E-state index is 0. The smallest absolute Gasteiger partial charge is 0.311 e. The molecule has 608 valence electrons. The number of halogens is 2. The van der Waals surface area contributed by atoms with Crippen LogP contribution in [0.5, 0.6) is 34.5 Å². The van der Waals surface area contributed by atoms with Crippen molar-refractivity contribution in [1.82, 2.24) is 9.80 Å². The van der Waals surface area contributed by atoms with E-state index in [9.17, 15) is 44.5 Å². The number of ketones is 2. The molecule has 0 aliphatic carbocycles. The number of carbonyl (C=O) groups excluding carboxylic acids is 4. The number of Topliss-reactive ketones (excluding diaryl/α,β-unsaturated/α-hetero) is 2. The molecule has 8 aromatic carbocycles. The molecule has 0 spiro atoms. The zero-order valence-electron chi connectivity index (χ0n) is 66.2. The number of nitrogens with zero attached hydrogens (tertiary/aromatic N) is 4. The number of methoxy groups -OCH3 is 3. The van der Waals surface area contributed by atoms with Gasteiger partial charge in [0.15, 0.2) is 11.5 Å². The lowest BCUT2D eigenvalue weighted by Gasteiger charge is -2.26. The van der Waals surface area contributed by atoms with Crippen LogP contribution in [-0.4, -0.2) is 153 Å². The summed E-state index contributed by atoms with van der Waals surface area (Å²) in [6, 6.07) is 36.4. The Morgan fingerprint density at radius 2 is 0.847 bits per heavy atom. The van der Waals surface area contributed by atoms with E-state index < -0.39 is 32.6 Å². The third kappa shape index (κ3) is 27.7. The molecule has 1 amide bonds. The molecule has 2 fully saturated rings. The Morgan fingerprint density at radius 1 is 0.505 bits per heavy atom. The topological polar surface area (TPSA) is 284 Å². The number of nitro benzene ring substituents is 2. The quantitative estimate of drug-likeness (QED) is 0.0105. The van der Waals surface area contributed by atoms with E-state index in [0.717, 1.165) is 121 Å². The molecule has 2 aliphatic rings. The number of phenolic OH excluding ortho intramolecular Hbond substituents is 1. The van der Waals surface area contributed by atoms with E-state index in [-0.39, 0.29) is 61.1 Å². The lowest BCUT2D eigenvalue weighted by Crippen LogP contribution is -2.38. The number of benzene rings is 8. The number of aromatic hydroxyl groups is 1. The first-order chi connectivity index (χ1) is 50.7. The highest BCUT2D eigenvalue weighted by molar-refractivity contribution is 14.1. The van der Waals surface area contributed by atoms with Gasteiger partial charge in [-0.25, -0.2) is 0 Å². The fourth-order valence-electron chi connectivity index (χ4n) is 11.8. The normalized spacial score (nSPS) is 12.8. The first-order valence-corrected chi connectivity index (χ1v) is 38.1. The second-order valence-electron chi connectivity index (χ2n) is 30.1. The number of nitro groups is 2. The molecule has 2 aliphatic heterocycles. The summed E-state index contributed by atoms with van der Waals surface area (Å²) < 4.78 is 38.5. The van der Waals surface area contributed by atoms with Crippen LogP contribution in [0, 0.1) is 47.9 Å². The molecule has 111 heavy (non-hydrogen) atoms. The molecule has 22 nitrogen and oxygen atoms in total. The maximum Gasteiger partial charge on any atom is 0.311 e. The lowest BCUT2D eigenvalue weighted by molar-refractivity contribution is -0.386. The van der Waals surface area contributed by atoms with Gasteiger partial charge in [-0.15, -0.1) is 0 Å². The monoisotopic (exact) mass is 1670 g/mol. The highest BCUT2D eigenvalue weighted by Gasteiger charge is 2.28. The van der Waals surface area contributed by atoms with Crippen molar-refractivity contribution in [2.45, 2.75) is 155 Å². The largest absolute Gasteiger partial charge is 0.502 e. The fourth-order valence-corrected chi connectivity index (χ4v) is 11.9. The number of nitrogen functional groups attached to an aromatic ring is 1. The van der Waals surface area contributed by atoms with Gasteiger partial charge >= 0.3 is 11.4 Å². The van der Waals surface area contributed by atoms with Gasteiger partial charge in [-0.05, 0) is 158 Å². The summed E-state index contributed by atoms with van der Waals surface area (Å²) in [6.45, 7) is 41.6. The number of nitrogens with two attached hydrogens (primary N) is 1. The third-order valence-corrected chi connectivity index (χ3v) is 18.2. The maximum atomic E-state index is 13.3. The number of anilines is 2. The van der Waals surface area contributed by atoms with Crippen LogP contribution in [0.4, 0.5) is 22.7 Å². The van der Waals surface area contributed by atoms with Crippen LogP contribution in [0.2, 0.25) is 0 Å². The molecule has 2 heterocycles. The van der Waals surface area contributed by atoms with Crippen molar-refractivity contribution in [2.75, 3.05) is 116 Å². The van der Waals surface area contributed by atoms with Crippen molar-refractivity contribution in [1.29, 1.82) is 0 Å². The van der Waals surface area contributed by atoms with E-state index in [1.807, 2.05) is 134 Å². The highest BCUT2D eigenvalue weighted by atomic mass is 127. The Hall–Kier alpha value is -8.98. The van der Waals surface area contributed by atoms with E-state index in [0.29, 0.717) is 69.4 Å². The van der Waals surface area contributed by atoms with Crippen LogP contribution >= 0.6 is 34.2 Å². The van der Waals surface area contributed by atoms with Crippen molar-refractivity contribution in [2.24, 2.45) is 0 Å². The van der Waals surface area contributed by atoms with E-state index in [1.54, 1.807) is 63.6 Å². The predicted octanol–water partition coefficient (Wildman–Crippen LogP) is 19.4. The number of aryl methyl sites for hydroxylation is 4. The van der Waals surface area contributed by atoms with E-state index >= 15 is 0 Å². The zero-order chi connectivity index (χ0) is 80.8. The Labute approximate surface area is 676 Å². The summed E-state index contributed by atoms with van der Waals surface area (Å²) in [5.74, 6) is 0.792. The first kappa shape index (κ1) is 98.1. The van der Waals surface area contributed by atoms with Gasteiger partial charge in [0.1, 0.15) is 36.2 Å². The van der Waals surface area contributed by atoms with Crippen molar-refractivity contribution in [3.05, 3.63) is 197 Å². The van der Waals surface area contributed by atoms with Gasteiger partial charge in [-0.3, -0.25) is 49.2 Å². The number of ether oxygens (including phenoxy) is 7. The molecule has 0 atom stereocenters. The summed E-state index contributed by atoms with van der Waals surface area (Å²) >= 11 is 7.49. The van der Waals surface area contributed by atoms with Crippen LogP contribution in [0.1, 0.15) is 171 Å². The van der Waals surface area contributed by atoms with Gasteiger partial charge in [0.25, 0.3) is 16.9 Å². The molecule has 2 saturated heterocycles. The Morgan fingerprint density at radius 3 is 1.22 bits per heavy atom. The number of fused-ring (bicyclic) bond motifs is 2.